The molecule has 0 bridgehead atoms. The predicted molar refractivity (Wildman–Crippen MR) is 87.4 cm³/mol. The molecule has 0 atom stereocenters. The van der Waals surface area contributed by atoms with E-state index in [1.165, 1.54) is 24.3 Å². The van der Waals surface area contributed by atoms with Crippen molar-refractivity contribution < 1.29 is 17.9 Å². The molecule has 3 aromatic rings. The number of fused-ring (bicyclic) bond motifs is 1. The summed E-state index contributed by atoms with van der Waals surface area (Å²) in [6.45, 7) is 3.47. The lowest BCUT2D eigenvalue weighted by atomic mass is 10.2. The molecule has 1 heterocycles. The second kappa shape index (κ2) is 5.60. The topological polar surface area (TPSA) is 115 Å². The molecule has 24 heavy (non-hydrogen) atoms. The molecule has 0 aliphatic rings. The van der Waals surface area contributed by atoms with Crippen LogP contribution in [0, 0.1) is 24.0 Å². The zero-order chi connectivity index (χ0) is 17.5. The van der Waals surface area contributed by atoms with Gasteiger partial charge in [-0.25, -0.2) is 8.42 Å². The molecule has 0 spiro atoms. The monoisotopic (exact) mass is 347 g/mol. The van der Waals surface area contributed by atoms with Crippen molar-refractivity contribution in [3.05, 3.63) is 57.8 Å². The smallest absolute Gasteiger partial charge is 0.294 e. The molecule has 3 rings (SSSR count). The van der Waals surface area contributed by atoms with Gasteiger partial charge in [0.2, 0.25) is 0 Å². The number of nitrogens with zero attached hydrogens (tertiary/aromatic N) is 2. The number of aromatic nitrogens is 1. The molecule has 0 unspecified atom stereocenters. The normalized spacial score (nSPS) is 11.6. The largest absolute Gasteiger partial charge is 0.356 e. The highest BCUT2D eigenvalue weighted by molar-refractivity contribution is 7.92. The van der Waals surface area contributed by atoms with Crippen LogP contribution in [0.1, 0.15) is 11.3 Å². The first kappa shape index (κ1) is 15.9. The van der Waals surface area contributed by atoms with Crippen molar-refractivity contribution in [3.63, 3.8) is 0 Å². The summed E-state index contributed by atoms with van der Waals surface area (Å²) in [7, 11) is -3.96. The molecule has 0 saturated heterocycles. The van der Waals surface area contributed by atoms with Crippen molar-refractivity contribution in [2.24, 2.45) is 0 Å². The van der Waals surface area contributed by atoms with E-state index in [0.717, 1.165) is 5.56 Å². The van der Waals surface area contributed by atoms with Crippen molar-refractivity contribution >= 4 is 32.4 Å². The molecule has 0 amide bonds. The van der Waals surface area contributed by atoms with Crippen LogP contribution in [0.3, 0.4) is 0 Å². The van der Waals surface area contributed by atoms with Crippen LogP contribution in [0.2, 0.25) is 0 Å². The summed E-state index contributed by atoms with van der Waals surface area (Å²) >= 11 is 0. The lowest BCUT2D eigenvalue weighted by molar-refractivity contribution is -0.383. The quantitative estimate of drug-likeness (QED) is 0.572. The number of rotatable bonds is 4. The highest BCUT2D eigenvalue weighted by atomic mass is 32.2. The Morgan fingerprint density at radius 3 is 2.46 bits per heavy atom. The molecular formula is C15H13N3O5S. The highest BCUT2D eigenvalue weighted by Gasteiger charge is 2.23. The summed E-state index contributed by atoms with van der Waals surface area (Å²) in [6, 6.07) is 8.66. The SMILES string of the molecule is Cc1ccc(S(=O)(=O)Nc2cc3onc(C)c3cc2[N+](=O)[O-])cc1. The molecule has 9 heteroatoms. The summed E-state index contributed by atoms with van der Waals surface area (Å²) < 4.78 is 32.2. The summed E-state index contributed by atoms with van der Waals surface area (Å²) in [5, 5.41) is 15.5. The average molecular weight is 347 g/mol. The fourth-order valence-corrected chi connectivity index (χ4v) is 3.31. The number of hydrogen-bond acceptors (Lipinski definition) is 6. The average Bonchev–Trinajstić information content (AvgIpc) is 2.87. The third kappa shape index (κ3) is 2.81. The van der Waals surface area contributed by atoms with E-state index in [4.69, 9.17) is 4.52 Å². The number of nitro benzene ring substituents is 1. The molecule has 1 aromatic heterocycles. The van der Waals surface area contributed by atoms with Crippen LogP contribution in [-0.4, -0.2) is 18.5 Å². The molecule has 2 aromatic carbocycles. The van der Waals surface area contributed by atoms with Gasteiger partial charge in [-0.15, -0.1) is 0 Å². The number of aryl methyl sites for hydroxylation is 2. The summed E-state index contributed by atoms with van der Waals surface area (Å²) in [6.07, 6.45) is 0. The van der Waals surface area contributed by atoms with Gasteiger partial charge in [0.25, 0.3) is 15.7 Å². The number of nitrogens with one attached hydrogen (secondary N) is 1. The minimum Gasteiger partial charge on any atom is -0.356 e. The summed E-state index contributed by atoms with van der Waals surface area (Å²) in [5.74, 6) is 0. The van der Waals surface area contributed by atoms with E-state index in [1.807, 2.05) is 6.92 Å². The van der Waals surface area contributed by atoms with Crippen molar-refractivity contribution in [1.82, 2.24) is 5.16 Å². The van der Waals surface area contributed by atoms with Crippen LogP contribution in [-0.2, 0) is 10.0 Å². The maximum atomic E-state index is 12.4. The third-order valence-corrected chi connectivity index (χ3v) is 4.92. The maximum absolute atomic E-state index is 12.4. The predicted octanol–water partition coefficient (Wildman–Crippen LogP) is 3.15. The van der Waals surface area contributed by atoms with Gasteiger partial charge >= 0.3 is 0 Å². The minimum atomic E-state index is -3.96. The zero-order valence-electron chi connectivity index (χ0n) is 12.8. The van der Waals surface area contributed by atoms with E-state index >= 15 is 0 Å². The third-order valence-electron chi connectivity index (χ3n) is 3.54. The van der Waals surface area contributed by atoms with E-state index < -0.39 is 14.9 Å². The first-order valence-corrected chi connectivity index (χ1v) is 8.40. The highest BCUT2D eigenvalue weighted by Crippen LogP contribution is 2.33. The van der Waals surface area contributed by atoms with Gasteiger partial charge < -0.3 is 4.52 Å². The van der Waals surface area contributed by atoms with E-state index in [2.05, 4.69) is 9.88 Å². The van der Waals surface area contributed by atoms with Gasteiger partial charge in [0.05, 0.1) is 20.9 Å². The molecule has 0 aliphatic carbocycles. The van der Waals surface area contributed by atoms with Crippen LogP contribution in [0.25, 0.3) is 11.0 Å². The number of anilines is 1. The van der Waals surface area contributed by atoms with Crippen LogP contribution in [0.15, 0.2) is 45.8 Å². The fourth-order valence-electron chi connectivity index (χ4n) is 2.25. The number of benzene rings is 2. The minimum absolute atomic E-state index is 0.0104. The summed E-state index contributed by atoms with van der Waals surface area (Å²) in [4.78, 5) is 10.6. The molecule has 8 nitrogen and oxygen atoms in total. The molecule has 0 radical (unpaired) electrons. The first-order valence-electron chi connectivity index (χ1n) is 6.92. The molecule has 0 saturated carbocycles. The van der Waals surface area contributed by atoms with Crippen molar-refractivity contribution in [2.45, 2.75) is 18.7 Å². The van der Waals surface area contributed by atoms with E-state index in [1.54, 1.807) is 19.1 Å². The van der Waals surface area contributed by atoms with Gasteiger partial charge in [-0.2, -0.15) is 0 Å². The second-order valence-corrected chi connectivity index (χ2v) is 6.99. The van der Waals surface area contributed by atoms with E-state index in [9.17, 15) is 18.5 Å². The standard InChI is InChI=1S/C15H13N3O5S/c1-9-3-5-11(6-4-9)24(21,22)17-13-8-15-12(10(2)16-23-15)7-14(13)18(19)20/h3-8,17H,1-2H3. The Labute approximate surface area is 137 Å². The summed E-state index contributed by atoms with van der Waals surface area (Å²) in [5.41, 5.74) is 1.10. The number of sulfonamides is 1. The van der Waals surface area contributed by atoms with Crippen molar-refractivity contribution in [3.8, 4) is 0 Å². The van der Waals surface area contributed by atoms with Gasteiger partial charge in [0.1, 0.15) is 5.69 Å². The second-order valence-electron chi connectivity index (χ2n) is 5.31. The first-order chi connectivity index (χ1) is 11.3. The molecular weight excluding hydrogens is 334 g/mol. The lowest BCUT2D eigenvalue weighted by Crippen LogP contribution is -2.14. The Morgan fingerprint density at radius 2 is 1.83 bits per heavy atom. The van der Waals surface area contributed by atoms with Crippen molar-refractivity contribution in [1.29, 1.82) is 0 Å². The zero-order valence-corrected chi connectivity index (χ0v) is 13.6. The van der Waals surface area contributed by atoms with Gasteiger partial charge in [0, 0.05) is 12.1 Å². The Kier molecular flexibility index (Phi) is 3.72. The van der Waals surface area contributed by atoms with E-state index in [0.29, 0.717) is 11.1 Å². The number of hydrogen-bond donors (Lipinski definition) is 1. The van der Waals surface area contributed by atoms with Gasteiger partial charge in [-0.1, -0.05) is 22.9 Å². The van der Waals surface area contributed by atoms with Crippen LogP contribution < -0.4 is 4.72 Å². The maximum Gasteiger partial charge on any atom is 0.294 e. The Bertz CT molecular complexity index is 1040. The number of nitro groups is 1. The molecule has 1 N–H and O–H groups in total. The van der Waals surface area contributed by atoms with Gasteiger partial charge in [-0.05, 0) is 26.0 Å². The Hall–Kier alpha value is -2.94. The lowest BCUT2D eigenvalue weighted by Gasteiger charge is -2.09. The van der Waals surface area contributed by atoms with Crippen molar-refractivity contribution in [2.75, 3.05) is 4.72 Å². The van der Waals surface area contributed by atoms with Crippen LogP contribution >= 0.6 is 0 Å². The Morgan fingerprint density at radius 1 is 1.17 bits per heavy atom. The fraction of sp³-hybridized carbons (Fsp3) is 0.133. The van der Waals surface area contributed by atoms with Gasteiger partial charge in [0.15, 0.2) is 5.58 Å². The Balaban J connectivity index is 2.10. The van der Waals surface area contributed by atoms with E-state index in [-0.39, 0.29) is 21.9 Å². The van der Waals surface area contributed by atoms with Gasteiger partial charge in [-0.3, -0.25) is 14.8 Å². The van der Waals surface area contributed by atoms with Crippen LogP contribution in [0.5, 0.6) is 0 Å². The molecule has 0 fully saturated rings. The van der Waals surface area contributed by atoms with Crippen LogP contribution in [0.4, 0.5) is 11.4 Å². The molecule has 0 aliphatic heterocycles. The molecule has 124 valence electrons.